The number of aromatic nitrogens is 1. The predicted octanol–water partition coefficient (Wildman–Crippen LogP) is 7.43. The lowest BCUT2D eigenvalue weighted by Crippen LogP contribution is -2.19. The van der Waals surface area contributed by atoms with E-state index >= 15 is 0 Å². The molecule has 0 fully saturated rings. The molecule has 5 aromatic rings. The van der Waals surface area contributed by atoms with Crippen molar-refractivity contribution >= 4 is 79.1 Å². The molecule has 0 aliphatic rings. The van der Waals surface area contributed by atoms with Gasteiger partial charge in [-0.05, 0) is 77.2 Å². The minimum atomic E-state index is -0.650. The summed E-state index contributed by atoms with van der Waals surface area (Å²) in [5.74, 6) is -0.788. The molecule has 184 valence electrons. The lowest BCUT2D eigenvalue weighted by atomic mass is 10.0. The Hall–Kier alpha value is -3.41. The maximum Gasteiger partial charge on any atom is 0.379 e. The summed E-state index contributed by atoms with van der Waals surface area (Å²) >= 11 is 12.1. The van der Waals surface area contributed by atoms with Gasteiger partial charge in [0.05, 0.1) is 12.5 Å². The zero-order valence-electron chi connectivity index (χ0n) is 18.8. The van der Waals surface area contributed by atoms with Gasteiger partial charge in [-0.1, -0.05) is 45.7 Å². The molecule has 2 aromatic heterocycles. The molecule has 0 radical (unpaired) electrons. The smallest absolute Gasteiger partial charge is 0.379 e. The Morgan fingerprint density at radius 2 is 1.92 bits per heavy atom. The molecule has 0 spiro atoms. The highest BCUT2D eigenvalue weighted by molar-refractivity contribution is 14.1. The first-order valence-electron chi connectivity index (χ1n) is 10.9. The Labute approximate surface area is 238 Å². The number of hydrogen-bond donors (Lipinski definition) is 2. The standard InChI is InChI=1S/C27H16BrClIN3O4/c28-16-7-10-22(37-27(35)23-6-3-11-36-23)15(12-16)14-31-33-26(34)25-24(18-4-1-2-5-20(18)29)19-13-17(30)8-9-21(19)32-25/h1-14,32H,(H,33,34). The maximum atomic E-state index is 13.3. The summed E-state index contributed by atoms with van der Waals surface area (Å²) in [6.45, 7) is 0. The molecule has 0 saturated carbocycles. The van der Waals surface area contributed by atoms with Gasteiger partial charge in [-0.15, -0.1) is 0 Å². The van der Waals surface area contributed by atoms with Crippen molar-refractivity contribution in [1.82, 2.24) is 10.4 Å². The van der Waals surface area contributed by atoms with Gasteiger partial charge in [0.25, 0.3) is 5.91 Å². The van der Waals surface area contributed by atoms with E-state index in [0.29, 0.717) is 21.8 Å². The van der Waals surface area contributed by atoms with Crippen molar-refractivity contribution in [3.8, 4) is 16.9 Å². The molecule has 0 aliphatic heterocycles. The fourth-order valence-corrected chi connectivity index (χ4v) is 4.85. The summed E-state index contributed by atoms with van der Waals surface area (Å²) in [4.78, 5) is 28.8. The Kier molecular flexibility index (Phi) is 7.45. The molecule has 37 heavy (non-hydrogen) atoms. The third-order valence-corrected chi connectivity index (χ3v) is 6.89. The van der Waals surface area contributed by atoms with Crippen molar-refractivity contribution in [3.05, 3.63) is 109 Å². The van der Waals surface area contributed by atoms with Crippen molar-refractivity contribution < 1.29 is 18.7 Å². The van der Waals surface area contributed by atoms with E-state index in [1.807, 2.05) is 36.4 Å². The fraction of sp³-hybridized carbons (Fsp3) is 0. The van der Waals surface area contributed by atoms with Crippen LogP contribution in [0.25, 0.3) is 22.0 Å². The zero-order chi connectivity index (χ0) is 25.9. The second-order valence-corrected chi connectivity index (χ2v) is 10.4. The van der Waals surface area contributed by atoms with Crippen LogP contribution < -0.4 is 10.2 Å². The van der Waals surface area contributed by atoms with Crippen molar-refractivity contribution in [2.75, 3.05) is 0 Å². The van der Waals surface area contributed by atoms with Crippen LogP contribution in [0.5, 0.6) is 5.75 Å². The third kappa shape index (κ3) is 5.48. The molecule has 1 amide bonds. The van der Waals surface area contributed by atoms with E-state index in [-0.39, 0.29) is 11.5 Å². The molecular weight excluding hydrogens is 673 g/mol. The summed E-state index contributed by atoms with van der Waals surface area (Å²) in [5, 5.41) is 5.51. The van der Waals surface area contributed by atoms with E-state index in [1.165, 1.54) is 18.5 Å². The Bertz CT molecular complexity index is 1660. The van der Waals surface area contributed by atoms with Gasteiger partial charge in [-0.25, -0.2) is 10.2 Å². The van der Waals surface area contributed by atoms with Gasteiger partial charge < -0.3 is 14.1 Å². The fourth-order valence-electron chi connectivity index (χ4n) is 3.75. The maximum absolute atomic E-state index is 13.3. The molecule has 2 heterocycles. The number of hydrogen-bond acceptors (Lipinski definition) is 5. The van der Waals surface area contributed by atoms with Crippen LogP contribution in [0.3, 0.4) is 0 Å². The predicted molar refractivity (Wildman–Crippen MR) is 154 cm³/mol. The van der Waals surface area contributed by atoms with E-state index in [0.717, 1.165) is 24.5 Å². The normalized spacial score (nSPS) is 11.2. The number of ether oxygens (including phenoxy) is 1. The number of hydrazone groups is 1. The highest BCUT2D eigenvalue weighted by Crippen LogP contribution is 2.37. The topological polar surface area (TPSA) is 96.7 Å². The number of carbonyl (C=O) groups excluding carboxylic acids is 2. The Balaban J connectivity index is 1.44. The first-order valence-corrected chi connectivity index (χ1v) is 13.1. The first-order chi connectivity index (χ1) is 17.9. The number of benzene rings is 3. The van der Waals surface area contributed by atoms with Gasteiger partial charge in [0.2, 0.25) is 5.76 Å². The zero-order valence-corrected chi connectivity index (χ0v) is 23.3. The summed E-state index contributed by atoms with van der Waals surface area (Å²) in [6, 6.07) is 21.4. The van der Waals surface area contributed by atoms with Crippen LogP contribution in [-0.4, -0.2) is 23.1 Å². The molecular formula is C27H16BrClIN3O4. The molecule has 0 unspecified atom stereocenters. The first kappa shape index (κ1) is 25.2. The second kappa shape index (κ2) is 10.9. The number of esters is 1. The number of nitrogens with one attached hydrogen (secondary N) is 2. The van der Waals surface area contributed by atoms with Crippen LogP contribution in [0.4, 0.5) is 0 Å². The van der Waals surface area contributed by atoms with E-state index in [4.69, 9.17) is 20.8 Å². The molecule has 7 nitrogen and oxygen atoms in total. The van der Waals surface area contributed by atoms with E-state index in [9.17, 15) is 9.59 Å². The van der Waals surface area contributed by atoms with Gasteiger partial charge in [-0.3, -0.25) is 4.79 Å². The number of H-pyrrole nitrogens is 1. The van der Waals surface area contributed by atoms with Gasteiger partial charge in [0.15, 0.2) is 0 Å². The van der Waals surface area contributed by atoms with Crippen LogP contribution >= 0.6 is 50.1 Å². The molecule has 3 aromatic carbocycles. The monoisotopic (exact) mass is 687 g/mol. The van der Waals surface area contributed by atoms with E-state index in [2.05, 4.69) is 54.0 Å². The third-order valence-electron chi connectivity index (χ3n) is 5.40. The molecule has 0 atom stereocenters. The second-order valence-electron chi connectivity index (χ2n) is 7.79. The largest absolute Gasteiger partial charge is 0.457 e. The van der Waals surface area contributed by atoms with Crippen LogP contribution in [0.2, 0.25) is 5.02 Å². The number of rotatable bonds is 6. The van der Waals surface area contributed by atoms with Gasteiger partial charge in [0, 0.05) is 40.7 Å². The minimum absolute atomic E-state index is 0.0692. The van der Waals surface area contributed by atoms with E-state index in [1.54, 1.807) is 30.3 Å². The van der Waals surface area contributed by atoms with Gasteiger partial charge >= 0.3 is 5.97 Å². The van der Waals surface area contributed by atoms with Crippen molar-refractivity contribution in [2.24, 2.45) is 5.10 Å². The van der Waals surface area contributed by atoms with Gasteiger partial charge in [-0.2, -0.15) is 5.10 Å². The van der Waals surface area contributed by atoms with Crippen LogP contribution in [0.1, 0.15) is 26.6 Å². The molecule has 0 bridgehead atoms. The van der Waals surface area contributed by atoms with Crippen LogP contribution in [0, 0.1) is 3.57 Å². The SMILES string of the molecule is O=C(Oc1ccc(Br)cc1C=NNC(=O)c1[nH]c2ccc(I)cc2c1-c1ccccc1Cl)c1ccco1. The summed E-state index contributed by atoms with van der Waals surface area (Å²) in [7, 11) is 0. The number of nitrogens with zero attached hydrogens (tertiary/aromatic N) is 1. The number of furan rings is 1. The number of amides is 1. The number of halogens is 3. The minimum Gasteiger partial charge on any atom is -0.457 e. The Morgan fingerprint density at radius 1 is 1.08 bits per heavy atom. The lowest BCUT2D eigenvalue weighted by molar-refractivity contribution is 0.0700. The van der Waals surface area contributed by atoms with Crippen molar-refractivity contribution in [1.29, 1.82) is 0 Å². The number of aromatic amines is 1. The number of fused-ring (bicyclic) bond motifs is 1. The summed E-state index contributed by atoms with van der Waals surface area (Å²) in [6.07, 6.45) is 2.78. The Morgan fingerprint density at radius 3 is 2.70 bits per heavy atom. The quantitative estimate of drug-likeness (QED) is 0.0638. The van der Waals surface area contributed by atoms with Crippen LogP contribution in [0.15, 0.2) is 93.1 Å². The molecule has 0 saturated heterocycles. The number of carbonyl (C=O) groups is 2. The molecule has 0 aliphatic carbocycles. The highest BCUT2D eigenvalue weighted by Gasteiger charge is 2.21. The summed E-state index contributed by atoms with van der Waals surface area (Å²) in [5.41, 5.74) is 5.55. The van der Waals surface area contributed by atoms with Gasteiger partial charge in [0.1, 0.15) is 11.4 Å². The molecule has 2 N–H and O–H groups in total. The van der Waals surface area contributed by atoms with E-state index < -0.39 is 11.9 Å². The summed E-state index contributed by atoms with van der Waals surface area (Å²) < 4.78 is 12.3. The molecule has 5 rings (SSSR count). The average Bonchev–Trinajstić information content (AvgIpc) is 3.54. The highest BCUT2D eigenvalue weighted by atomic mass is 127. The lowest BCUT2D eigenvalue weighted by Gasteiger charge is -2.08. The average molecular weight is 689 g/mol. The van der Waals surface area contributed by atoms with Crippen LogP contribution in [-0.2, 0) is 0 Å². The van der Waals surface area contributed by atoms with Crippen molar-refractivity contribution in [2.45, 2.75) is 0 Å². The molecule has 10 heteroatoms. The van der Waals surface area contributed by atoms with Crippen molar-refractivity contribution in [3.63, 3.8) is 0 Å².